The van der Waals surface area contributed by atoms with Crippen LogP contribution in [0.3, 0.4) is 0 Å². The molecule has 0 spiro atoms. The molecule has 1 unspecified atom stereocenters. The maximum atomic E-state index is 12.4. The summed E-state index contributed by atoms with van der Waals surface area (Å²) in [4.78, 5) is 27.9. The highest BCUT2D eigenvalue weighted by Crippen LogP contribution is 2.25. The van der Waals surface area contributed by atoms with E-state index in [1.54, 1.807) is 32.0 Å². The van der Waals surface area contributed by atoms with Gasteiger partial charge in [0.15, 0.2) is 0 Å². The summed E-state index contributed by atoms with van der Waals surface area (Å²) in [5, 5.41) is 12.4. The lowest BCUT2D eigenvalue weighted by Crippen LogP contribution is -2.26. The summed E-state index contributed by atoms with van der Waals surface area (Å²) in [6.07, 6.45) is 0. The second-order valence-electron chi connectivity index (χ2n) is 5.07. The van der Waals surface area contributed by atoms with E-state index in [0.717, 1.165) is 11.3 Å². The molecule has 128 valence electrons. The van der Waals surface area contributed by atoms with Crippen LogP contribution in [0.4, 0.5) is 0 Å². The van der Waals surface area contributed by atoms with Crippen LogP contribution < -0.4 is 14.8 Å². The molecule has 2 aromatic rings. The molecule has 0 radical (unpaired) electrons. The molecular formula is C16H18N2O5S. The summed E-state index contributed by atoms with van der Waals surface area (Å²) in [5.41, 5.74) is 0.816. The molecule has 1 heterocycles. The Labute approximate surface area is 143 Å². The minimum absolute atomic E-state index is 0.175. The number of methoxy groups -OCH3 is 2. The van der Waals surface area contributed by atoms with E-state index in [1.165, 1.54) is 14.2 Å². The first kappa shape index (κ1) is 17.7. The zero-order valence-electron chi connectivity index (χ0n) is 13.7. The van der Waals surface area contributed by atoms with E-state index in [2.05, 4.69) is 10.3 Å². The third-order valence-electron chi connectivity index (χ3n) is 3.34. The number of nitrogens with zero attached hydrogens (tertiary/aromatic N) is 1. The van der Waals surface area contributed by atoms with Crippen molar-refractivity contribution >= 4 is 23.2 Å². The number of aromatic nitrogens is 1. The van der Waals surface area contributed by atoms with Gasteiger partial charge in [-0.3, -0.25) is 4.79 Å². The molecule has 1 aromatic carbocycles. The van der Waals surface area contributed by atoms with E-state index in [9.17, 15) is 9.59 Å². The second-order valence-corrected chi connectivity index (χ2v) is 6.10. The van der Waals surface area contributed by atoms with Crippen LogP contribution in [0.25, 0.3) is 0 Å². The Bertz CT molecular complexity index is 750. The molecule has 8 heteroatoms. The fourth-order valence-electron chi connectivity index (χ4n) is 2.08. The maximum Gasteiger partial charge on any atom is 0.347 e. The lowest BCUT2D eigenvalue weighted by atomic mass is 10.1. The molecular weight excluding hydrogens is 332 g/mol. The highest BCUT2D eigenvalue weighted by molar-refractivity contribution is 7.13. The predicted molar refractivity (Wildman–Crippen MR) is 89.2 cm³/mol. The monoisotopic (exact) mass is 350 g/mol. The average Bonchev–Trinajstić information content (AvgIpc) is 2.96. The van der Waals surface area contributed by atoms with Crippen molar-refractivity contribution in [3.05, 3.63) is 39.3 Å². The highest BCUT2D eigenvalue weighted by Gasteiger charge is 2.20. The number of carbonyl (C=O) groups excluding carboxylic acids is 1. The SMILES string of the molecule is COc1cc(OC)cc(C(=O)NC(C)c2nc(C)c(C(=O)O)s2)c1. The Balaban J connectivity index is 2.20. The third-order valence-corrected chi connectivity index (χ3v) is 4.67. The standard InChI is InChI=1S/C16H18N2O5S/c1-8-13(16(20)21)24-15(18-8)9(2)17-14(19)10-5-11(22-3)7-12(6-10)23-4/h5-7,9H,1-4H3,(H,17,19)(H,20,21). The summed E-state index contributed by atoms with van der Waals surface area (Å²) >= 11 is 1.05. The minimum atomic E-state index is -1.02. The van der Waals surface area contributed by atoms with Gasteiger partial charge in [-0.05, 0) is 26.0 Å². The molecule has 0 fully saturated rings. The molecule has 1 aromatic heterocycles. The Morgan fingerprint density at radius 3 is 2.25 bits per heavy atom. The van der Waals surface area contributed by atoms with Gasteiger partial charge in [-0.1, -0.05) is 0 Å². The minimum Gasteiger partial charge on any atom is -0.497 e. The summed E-state index contributed by atoms with van der Waals surface area (Å²) in [6.45, 7) is 3.38. The zero-order chi connectivity index (χ0) is 17.9. The highest BCUT2D eigenvalue weighted by atomic mass is 32.1. The molecule has 1 atom stereocenters. The number of carboxylic acids is 1. The molecule has 1 amide bonds. The number of aromatic carboxylic acids is 1. The van der Waals surface area contributed by atoms with E-state index in [4.69, 9.17) is 14.6 Å². The Morgan fingerprint density at radius 1 is 1.21 bits per heavy atom. The number of carboxylic acid groups (broad SMARTS) is 1. The second kappa shape index (κ2) is 7.31. The lowest BCUT2D eigenvalue weighted by molar-refractivity contribution is 0.0701. The normalized spacial score (nSPS) is 11.7. The van der Waals surface area contributed by atoms with Gasteiger partial charge in [0.1, 0.15) is 21.4 Å². The molecule has 0 aliphatic heterocycles. The Morgan fingerprint density at radius 2 is 1.79 bits per heavy atom. The molecule has 2 rings (SSSR count). The van der Waals surface area contributed by atoms with Crippen molar-refractivity contribution in [1.82, 2.24) is 10.3 Å². The number of thiazole rings is 1. The van der Waals surface area contributed by atoms with Crippen molar-refractivity contribution in [2.75, 3.05) is 14.2 Å². The van der Waals surface area contributed by atoms with Gasteiger partial charge in [-0.25, -0.2) is 9.78 Å². The van der Waals surface area contributed by atoms with Crippen molar-refractivity contribution < 1.29 is 24.2 Å². The average molecular weight is 350 g/mol. The van der Waals surface area contributed by atoms with Crippen LogP contribution in [-0.4, -0.2) is 36.2 Å². The molecule has 0 aliphatic carbocycles. The number of ether oxygens (including phenoxy) is 2. The zero-order valence-corrected chi connectivity index (χ0v) is 14.6. The van der Waals surface area contributed by atoms with Crippen molar-refractivity contribution in [2.24, 2.45) is 0 Å². The third kappa shape index (κ3) is 3.83. The van der Waals surface area contributed by atoms with Gasteiger partial charge in [0.2, 0.25) is 0 Å². The summed E-state index contributed by atoms with van der Waals surface area (Å²) in [6, 6.07) is 4.44. The molecule has 0 saturated heterocycles. The van der Waals surface area contributed by atoms with Gasteiger partial charge in [-0.15, -0.1) is 11.3 Å². The van der Waals surface area contributed by atoms with Crippen molar-refractivity contribution in [1.29, 1.82) is 0 Å². The van der Waals surface area contributed by atoms with Crippen LogP contribution in [0.2, 0.25) is 0 Å². The molecule has 0 bridgehead atoms. The largest absolute Gasteiger partial charge is 0.497 e. The number of aryl methyl sites for hydroxylation is 1. The number of nitrogens with one attached hydrogen (secondary N) is 1. The first-order valence-corrected chi connectivity index (χ1v) is 7.92. The summed E-state index contributed by atoms with van der Waals surface area (Å²) in [5.74, 6) is -0.340. The maximum absolute atomic E-state index is 12.4. The van der Waals surface area contributed by atoms with Crippen LogP contribution in [-0.2, 0) is 0 Å². The number of hydrogen-bond acceptors (Lipinski definition) is 6. The topological polar surface area (TPSA) is 97.8 Å². The molecule has 7 nitrogen and oxygen atoms in total. The van der Waals surface area contributed by atoms with E-state index < -0.39 is 12.0 Å². The number of rotatable bonds is 6. The summed E-state index contributed by atoms with van der Waals surface area (Å²) < 4.78 is 10.3. The lowest BCUT2D eigenvalue weighted by Gasteiger charge is -2.13. The Kier molecular flexibility index (Phi) is 5.40. The van der Waals surface area contributed by atoms with Crippen LogP contribution >= 0.6 is 11.3 Å². The van der Waals surface area contributed by atoms with Crippen LogP contribution in [0, 0.1) is 6.92 Å². The van der Waals surface area contributed by atoms with Crippen LogP contribution in [0.1, 0.15) is 43.7 Å². The van der Waals surface area contributed by atoms with Gasteiger partial charge in [0.25, 0.3) is 5.91 Å². The molecule has 2 N–H and O–H groups in total. The van der Waals surface area contributed by atoms with Gasteiger partial charge < -0.3 is 19.9 Å². The van der Waals surface area contributed by atoms with Crippen LogP contribution in [0.5, 0.6) is 11.5 Å². The molecule has 24 heavy (non-hydrogen) atoms. The van der Waals surface area contributed by atoms with E-state index in [-0.39, 0.29) is 10.8 Å². The van der Waals surface area contributed by atoms with Gasteiger partial charge in [0.05, 0.1) is 26.0 Å². The number of carbonyl (C=O) groups is 2. The first-order valence-electron chi connectivity index (χ1n) is 7.10. The fraction of sp³-hybridized carbons (Fsp3) is 0.312. The Hall–Kier alpha value is -2.61. The van der Waals surface area contributed by atoms with Crippen molar-refractivity contribution in [3.63, 3.8) is 0 Å². The van der Waals surface area contributed by atoms with Crippen molar-refractivity contribution in [3.8, 4) is 11.5 Å². The van der Waals surface area contributed by atoms with E-state index in [1.807, 2.05) is 0 Å². The van der Waals surface area contributed by atoms with Crippen molar-refractivity contribution in [2.45, 2.75) is 19.9 Å². The number of amides is 1. The van der Waals surface area contributed by atoms with Crippen LogP contribution in [0.15, 0.2) is 18.2 Å². The molecule has 0 saturated carbocycles. The predicted octanol–water partition coefficient (Wildman–Crippen LogP) is 2.66. The molecule has 0 aliphatic rings. The summed E-state index contributed by atoms with van der Waals surface area (Å²) in [7, 11) is 3.01. The number of benzene rings is 1. The quantitative estimate of drug-likeness (QED) is 0.831. The van der Waals surface area contributed by atoms with Gasteiger partial charge in [-0.2, -0.15) is 0 Å². The van der Waals surface area contributed by atoms with E-state index >= 15 is 0 Å². The smallest absolute Gasteiger partial charge is 0.347 e. The van der Waals surface area contributed by atoms with Gasteiger partial charge in [0, 0.05) is 11.6 Å². The number of hydrogen-bond donors (Lipinski definition) is 2. The van der Waals surface area contributed by atoms with E-state index in [0.29, 0.717) is 27.8 Å². The van der Waals surface area contributed by atoms with Gasteiger partial charge >= 0.3 is 5.97 Å². The fourth-order valence-corrected chi connectivity index (χ4v) is 2.99. The first-order chi connectivity index (χ1) is 11.3.